The lowest BCUT2D eigenvalue weighted by atomic mass is 10.4. The summed E-state index contributed by atoms with van der Waals surface area (Å²) in [6, 6.07) is 0. The highest BCUT2D eigenvalue weighted by molar-refractivity contribution is 7.89. The van der Waals surface area contributed by atoms with Crippen LogP contribution in [0, 0.1) is 18.8 Å². The fourth-order valence-corrected chi connectivity index (χ4v) is 3.67. The van der Waals surface area contributed by atoms with Gasteiger partial charge in [0.2, 0.25) is 0 Å². The van der Waals surface area contributed by atoms with Crippen molar-refractivity contribution in [3.63, 3.8) is 0 Å². The molecule has 6 heteroatoms. The van der Waals surface area contributed by atoms with Gasteiger partial charge in [-0.05, 0) is 44.4 Å². The second kappa shape index (κ2) is 4.35. The number of aryl methyl sites for hydroxylation is 1. The predicted octanol–water partition coefficient (Wildman–Crippen LogP) is 1.53. The van der Waals surface area contributed by atoms with Gasteiger partial charge in [0.15, 0.2) is 5.03 Å². The van der Waals surface area contributed by atoms with E-state index in [0.29, 0.717) is 30.7 Å². The molecule has 0 atom stereocenters. The van der Waals surface area contributed by atoms with Gasteiger partial charge in [-0.15, -0.1) is 0 Å². The molecule has 0 unspecified atom stereocenters. The van der Waals surface area contributed by atoms with Crippen LogP contribution >= 0.6 is 0 Å². The molecule has 100 valence electrons. The van der Waals surface area contributed by atoms with Crippen LogP contribution in [0.5, 0.6) is 0 Å². The van der Waals surface area contributed by atoms with Gasteiger partial charge in [0, 0.05) is 13.1 Å². The van der Waals surface area contributed by atoms with Crippen molar-refractivity contribution in [3.8, 4) is 0 Å². The number of aromatic amines is 1. The van der Waals surface area contributed by atoms with E-state index in [1.807, 2.05) is 0 Å². The molecule has 2 fully saturated rings. The number of aromatic nitrogens is 2. The van der Waals surface area contributed by atoms with E-state index >= 15 is 0 Å². The molecule has 0 aliphatic heterocycles. The molecule has 0 saturated heterocycles. The summed E-state index contributed by atoms with van der Waals surface area (Å²) in [4.78, 5) is 6.84. The summed E-state index contributed by atoms with van der Waals surface area (Å²) in [6.07, 6.45) is 6.09. The highest BCUT2D eigenvalue weighted by Gasteiger charge is 2.36. The summed E-state index contributed by atoms with van der Waals surface area (Å²) < 4.78 is 26.7. The minimum atomic E-state index is -3.38. The average molecular weight is 269 g/mol. The third-order valence-electron chi connectivity index (χ3n) is 3.61. The molecule has 18 heavy (non-hydrogen) atoms. The molecule has 1 aromatic heterocycles. The fourth-order valence-electron chi connectivity index (χ4n) is 2.12. The molecule has 1 heterocycles. The maximum atomic E-state index is 12.5. The van der Waals surface area contributed by atoms with Crippen molar-refractivity contribution < 1.29 is 8.42 Å². The van der Waals surface area contributed by atoms with Crippen molar-refractivity contribution in [2.45, 2.75) is 37.6 Å². The van der Waals surface area contributed by atoms with E-state index in [2.05, 4.69) is 9.97 Å². The van der Waals surface area contributed by atoms with E-state index < -0.39 is 10.0 Å². The molecular formula is C12H19N3O2S. The first-order chi connectivity index (χ1) is 8.55. The van der Waals surface area contributed by atoms with Crippen molar-refractivity contribution in [2.75, 3.05) is 13.1 Å². The first-order valence-corrected chi connectivity index (χ1v) is 8.01. The van der Waals surface area contributed by atoms with Crippen LogP contribution in [-0.4, -0.2) is 35.8 Å². The number of hydrogen-bond donors (Lipinski definition) is 1. The Bertz CT molecular complexity index is 515. The van der Waals surface area contributed by atoms with Crippen molar-refractivity contribution in [3.05, 3.63) is 12.0 Å². The van der Waals surface area contributed by atoms with E-state index in [0.717, 1.165) is 0 Å². The Hall–Kier alpha value is -0.880. The highest BCUT2D eigenvalue weighted by atomic mass is 32.2. The standard InChI is InChI=1S/C12H19N3O2S/c1-9-13-6-12(14-9)18(16,17)15(7-10-2-3-10)8-11-4-5-11/h6,10-11H,2-5,7-8H2,1H3,(H,13,14). The number of nitrogens with one attached hydrogen (secondary N) is 1. The molecule has 1 N–H and O–H groups in total. The van der Waals surface area contributed by atoms with Crippen LogP contribution < -0.4 is 0 Å². The van der Waals surface area contributed by atoms with Gasteiger partial charge in [-0.25, -0.2) is 13.4 Å². The monoisotopic (exact) mass is 269 g/mol. The van der Waals surface area contributed by atoms with Crippen LogP contribution in [0.25, 0.3) is 0 Å². The van der Waals surface area contributed by atoms with Crippen molar-refractivity contribution in [2.24, 2.45) is 11.8 Å². The van der Waals surface area contributed by atoms with Crippen molar-refractivity contribution in [1.82, 2.24) is 14.3 Å². The van der Waals surface area contributed by atoms with Crippen LogP contribution in [0.2, 0.25) is 0 Å². The number of rotatable bonds is 6. The molecule has 2 saturated carbocycles. The van der Waals surface area contributed by atoms with Gasteiger partial charge < -0.3 is 4.98 Å². The summed E-state index contributed by atoms with van der Waals surface area (Å²) in [5.74, 6) is 1.79. The first-order valence-electron chi connectivity index (χ1n) is 6.57. The number of hydrogen-bond acceptors (Lipinski definition) is 3. The van der Waals surface area contributed by atoms with Gasteiger partial charge in [0.1, 0.15) is 5.82 Å². The zero-order valence-electron chi connectivity index (χ0n) is 10.6. The third kappa shape index (κ3) is 2.59. The minimum Gasteiger partial charge on any atom is -0.332 e. The Balaban J connectivity index is 1.81. The van der Waals surface area contributed by atoms with E-state index in [4.69, 9.17) is 0 Å². The highest BCUT2D eigenvalue weighted by Crippen LogP contribution is 2.35. The molecule has 3 rings (SSSR count). The second-order valence-corrected chi connectivity index (χ2v) is 7.45. The lowest BCUT2D eigenvalue weighted by Crippen LogP contribution is -2.35. The molecule has 0 amide bonds. The van der Waals surface area contributed by atoms with E-state index in [1.165, 1.54) is 31.9 Å². The van der Waals surface area contributed by atoms with Crippen LogP contribution in [0.1, 0.15) is 31.5 Å². The zero-order chi connectivity index (χ0) is 12.8. The molecule has 0 radical (unpaired) electrons. The minimum absolute atomic E-state index is 0.237. The molecule has 0 bridgehead atoms. The second-order valence-electron chi connectivity index (χ2n) is 5.54. The molecule has 0 aromatic carbocycles. The van der Waals surface area contributed by atoms with Gasteiger partial charge in [0.05, 0.1) is 6.20 Å². The summed E-state index contributed by atoms with van der Waals surface area (Å²) in [7, 11) is -3.38. The first kappa shape index (κ1) is 12.2. The summed E-state index contributed by atoms with van der Waals surface area (Å²) in [5.41, 5.74) is 0. The summed E-state index contributed by atoms with van der Waals surface area (Å²) in [6.45, 7) is 3.12. The number of nitrogens with zero attached hydrogens (tertiary/aromatic N) is 2. The molecule has 5 nitrogen and oxygen atoms in total. The summed E-state index contributed by atoms with van der Waals surface area (Å²) >= 11 is 0. The van der Waals surface area contributed by atoms with Gasteiger partial charge in [-0.2, -0.15) is 4.31 Å². The number of H-pyrrole nitrogens is 1. The topological polar surface area (TPSA) is 66.1 Å². The third-order valence-corrected chi connectivity index (χ3v) is 5.36. The van der Waals surface area contributed by atoms with E-state index in [-0.39, 0.29) is 5.03 Å². The smallest absolute Gasteiger partial charge is 0.260 e. The Morgan fingerprint density at radius 3 is 2.22 bits per heavy atom. The van der Waals surface area contributed by atoms with Crippen molar-refractivity contribution in [1.29, 1.82) is 0 Å². The summed E-state index contributed by atoms with van der Waals surface area (Å²) in [5, 5.41) is 0.237. The lowest BCUT2D eigenvalue weighted by Gasteiger charge is -2.20. The van der Waals surface area contributed by atoms with Gasteiger partial charge in [-0.3, -0.25) is 0 Å². The largest absolute Gasteiger partial charge is 0.332 e. The maximum Gasteiger partial charge on any atom is 0.260 e. The zero-order valence-corrected chi connectivity index (χ0v) is 11.4. The maximum absolute atomic E-state index is 12.5. The van der Waals surface area contributed by atoms with Crippen LogP contribution in [0.15, 0.2) is 11.2 Å². The number of imidazole rings is 1. The molecule has 2 aliphatic rings. The average Bonchev–Trinajstić information content (AvgIpc) is 3.21. The Kier molecular flexibility index (Phi) is 2.94. The molecular weight excluding hydrogens is 250 g/mol. The normalized spacial score (nSPS) is 20.6. The lowest BCUT2D eigenvalue weighted by molar-refractivity contribution is 0.381. The van der Waals surface area contributed by atoms with E-state index in [1.54, 1.807) is 11.2 Å². The molecule has 1 aromatic rings. The Labute approximate surface area is 108 Å². The van der Waals surface area contributed by atoms with Crippen LogP contribution in [-0.2, 0) is 10.0 Å². The fraction of sp³-hybridized carbons (Fsp3) is 0.750. The van der Waals surface area contributed by atoms with Crippen LogP contribution in [0.4, 0.5) is 0 Å². The quantitative estimate of drug-likeness (QED) is 0.851. The Morgan fingerprint density at radius 2 is 1.83 bits per heavy atom. The van der Waals surface area contributed by atoms with E-state index in [9.17, 15) is 8.42 Å². The van der Waals surface area contributed by atoms with Gasteiger partial charge in [0.25, 0.3) is 10.0 Å². The predicted molar refractivity (Wildman–Crippen MR) is 67.5 cm³/mol. The van der Waals surface area contributed by atoms with Gasteiger partial charge >= 0.3 is 0 Å². The SMILES string of the molecule is Cc1ncc(S(=O)(=O)N(CC2CC2)CC2CC2)[nH]1. The van der Waals surface area contributed by atoms with Crippen molar-refractivity contribution >= 4 is 10.0 Å². The molecule has 0 spiro atoms. The van der Waals surface area contributed by atoms with Crippen LogP contribution in [0.3, 0.4) is 0 Å². The Morgan fingerprint density at radius 1 is 1.28 bits per heavy atom. The number of sulfonamides is 1. The van der Waals surface area contributed by atoms with Gasteiger partial charge in [-0.1, -0.05) is 0 Å². The molecule has 2 aliphatic carbocycles.